The van der Waals surface area contributed by atoms with Crippen LogP contribution in [0.5, 0.6) is 0 Å². The maximum Gasteiger partial charge on any atom is 0.358 e. The van der Waals surface area contributed by atoms with Gasteiger partial charge in [0.25, 0.3) is 0 Å². The predicted molar refractivity (Wildman–Crippen MR) is 67.5 cm³/mol. The Morgan fingerprint density at radius 3 is 2.61 bits per heavy atom. The molecule has 1 aromatic carbocycles. The van der Waals surface area contributed by atoms with Gasteiger partial charge in [0.15, 0.2) is 5.69 Å². The van der Waals surface area contributed by atoms with Crippen LogP contribution in [0.2, 0.25) is 0 Å². The van der Waals surface area contributed by atoms with Gasteiger partial charge >= 0.3 is 5.97 Å². The maximum absolute atomic E-state index is 11.2. The third-order valence-electron chi connectivity index (χ3n) is 2.59. The number of hydrogen-bond acceptors (Lipinski definition) is 3. The highest BCUT2D eigenvalue weighted by Gasteiger charge is 2.20. The Balaban J connectivity index is 2.58. The maximum atomic E-state index is 11.2. The van der Waals surface area contributed by atoms with Crippen molar-refractivity contribution in [1.29, 1.82) is 0 Å². The molecule has 0 amide bonds. The second-order valence-corrected chi connectivity index (χ2v) is 4.49. The summed E-state index contributed by atoms with van der Waals surface area (Å²) in [4.78, 5) is 12.6. The van der Waals surface area contributed by atoms with Crippen molar-refractivity contribution >= 4 is 5.97 Å². The third-order valence-corrected chi connectivity index (χ3v) is 2.59. The molecule has 0 atom stereocenters. The molecule has 0 bridgehead atoms. The first kappa shape index (κ1) is 12.3. The highest BCUT2D eigenvalue weighted by atomic mass is 16.4. The fourth-order valence-corrected chi connectivity index (χ4v) is 1.68. The van der Waals surface area contributed by atoms with Crippen molar-refractivity contribution in [2.45, 2.75) is 26.8 Å². The summed E-state index contributed by atoms with van der Waals surface area (Å²) in [5.74, 6) is -1.06. The van der Waals surface area contributed by atoms with Gasteiger partial charge in [-0.3, -0.25) is 0 Å². The summed E-state index contributed by atoms with van der Waals surface area (Å²) >= 11 is 0. The summed E-state index contributed by atoms with van der Waals surface area (Å²) in [6, 6.07) is 7.61. The van der Waals surface area contributed by atoms with Gasteiger partial charge in [-0.05, 0) is 26.8 Å². The van der Waals surface area contributed by atoms with Crippen molar-refractivity contribution in [3.63, 3.8) is 0 Å². The van der Waals surface area contributed by atoms with E-state index in [1.165, 1.54) is 4.80 Å². The largest absolute Gasteiger partial charge is 0.476 e. The van der Waals surface area contributed by atoms with E-state index >= 15 is 0 Å². The Labute approximate surface area is 105 Å². The zero-order valence-corrected chi connectivity index (χ0v) is 10.6. The van der Waals surface area contributed by atoms with Crippen LogP contribution in [-0.2, 0) is 0 Å². The van der Waals surface area contributed by atoms with E-state index < -0.39 is 5.97 Å². The van der Waals surface area contributed by atoms with Crippen LogP contribution in [0.1, 0.15) is 35.9 Å². The summed E-state index contributed by atoms with van der Waals surface area (Å²) in [6.45, 7) is 5.77. The Morgan fingerprint density at radius 2 is 2.06 bits per heavy atom. The van der Waals surface area contributed by atoms with E-state index in [-0.39, 0.29) is 11.7 Å². The van der Waals surface area contributed by atoms with Crippen molar-refractivity contribution in [3.8, 4) is 11.3 Å². The molecule has 1 aromatic heterocycles. The number of carboxylic acid groups (broad SMARTS) is 1. The van der Waals surface area contributed by atoms with Crippen molar-refractivity contribution in [2.24, 2.45) is 0 Å². The van der Waals surface area contributed by atoms with E-state index in [1.807, 2.05) is 45.0 Å². The molecule has 0 radical (unpaired) electrons. The first-order valence-electron chi connectivity index (χ1n) is 5.76. The molecule has 18 heavy (non-hydrogen) atoms. The highest BCUT2D eigenvalue weighted by Crippen LogP contribution is 2.22. The topological polar surface area (TPSA) is 68.0 Å². The number of aryl methyl sites for hydroxylation is 1. The van der Waals surface area contributed by atoms with Gasteiger partial charge in [0, 0.05) is 5.56 Å². The number of nitrogens with zero attached hydrogens (tertiary/aromatic N) is 3. The summed E-state index contributed by atoms with van der Waals surface area (Å²) in [7, 11) is 0. The second-order valence-electron chi connectivity index (χ2n) is 4.49. The number of carbonyl (C=O) groups is 1. The predicted octanol–water partition coefficient (Wildman–Crippen LogP) is 2.53. The lowest BCUT2D eigenvalue weighted by atomic mass is 10.1. The average molecular weight is 245 g/mol. The lowest BCUT2D eigenvalue weighted by molar-refractivity contribution is 0.0690. The minimum atomic E-state index is -1.06. The Hall–Kier alpha value is -2.17. The monoisotopic (exact) mass is 245 g/mol. The number of aromatic nitrogens is 3. The first-order valence-corrected chi connectivity index (χ1v) is 5.76. The van der Waals surface area contributed by atoms with E-state index in [9.17, 15) is 9.90 Å². The molecule has 0 aliphatic heterocycles. The molecule has 0 aliphatic carbocycles. The molecule has 0 aliphatic rings. The van der Waals surface area contributed by atoms with Crippen molar-refractivity contribution in [3.05, 3.63) is 35.5 Å². The highest BCUT2D eigenvalue weighted by molar-refractivity contribution is 5.92. The number of carboxylic acids is 1. The lowest BCUT2D eigenvalue weighted by Gasteiger charge is -2.01. The van der Waals surface area contributed by atoms with Gasteiger partial charge in [0.1, 0.15) is 5.69 Å². The van der Waals surface area contributed by atoms with Gasteiger partial charge in [-0.15, -0.1) is 5.10 Å². The second kappa shape index (κ2) is 4.60. The lowest BCUT2D eigenvalue weighted by Crippen LogP contribution is -2.06. The van der Waals surface area contributed by atoms with Crippen LogP contribution < -0.4 is 0 Å². The number of benzene rings is 1. The van der Waals surface area contributed by atoms with E-state index in [4.69, 9.17) is 0 Å². The van der Waals surface area contributed by atoms with Crippen LogP contribution in [0.25, 0.3) is 11.3 Å². The number of rotatable bonds is 3. The molecule has 0 saturated heterocycles. The summed E-state index contributed by atoms with van der Waals surface area (Å²) in [5, 5.41) is 17.5. The summed E-state index contributed by atoms with van der Waals surface area (Å²) in [6.07, 6.45) is 0. The molecule has 2 rings (SSSR count). The minimum absolute atomic E-state index is 0.00528. The first-order chi connectivity index (χ1) is 8.49. The molecule has 5 heteroatoms. The third kappa shape index (κ3) is 2.25. The average Bonchev–Trinajstić information content (AvgIpc) is 2.73. The molecule has 5 nitrogen and oxygen atoms in total. The quantitative estimate of drug-likeness (QED) is 0.902. The molecular weight excluding hydrogens is 230 g/mol. The molecule has 94 valence electrons. The Bertz CT molecular complexity index is 588. The molecule has 0 saturated carbocycles. The van der Waals surface area contributed by atoms with Crippen LogP contribution in [0.15, 0.2) is 24.3 Å². The van der Waals surface area contributed by atoms with Crippen LogP contribution in [-0.4, -0.2) is 26.1 Å². The van der Waals surface area contributed by atoms with Crippen LogP contribution in [0.3, 0.4) is 0 Å². The SMILES string of the molecule is Cc1cccc(-c2nn(C(C)C)nc2C(=O)O)c1. The van der Waals surface area contributed by atoms with Gasteiger partial charge in [0.05, 0.1) is 6.04 Å². The summed E-state index contributed by atoms with van der Waals surface area (Å²) in [5.41, 5.74) is 2.25. The van der Waals surface area contributed by atoms with E-state index in [2.05, 4.69) is 10.2 Å². The molecule has 0 spiro atoms. The van der Waals surface area contributed by atoms with Crippen LogP contribution in [0.4, 0.5) is 0 Å². The van der Waals surface area contributed by atoms with Crippen LogP contribution in [0, 0.1) is 6.92 Å². The Kier molecular flexibility index (Phi) is 3.14. The molecule has 1 N–H and O–H groups in total. The minimum Gasteiger partial charge on any atom is -0.476 e. The zero-order chi connectivity index (χ0) is 13.3. The van der Waals surface area contributed by atoms with Crippen molar-refractivity contribution in [2.75, 3.05) is 0 Å². The van der Waals surface area contributed by atoms with Crippen LogP contribution >= 0.6 is 0 Å². The standard InChI is InChI=1S/C13H15N3O2/c1-8(2)16-14-11(12(15-16)13(17)18)10-6-4-5-9(3)7-10/h4-8H,1-3H3,(H,17,18). The van der Waals surface area contributed by atoms with E-state index in [0.29, 0.717) is 5.69 Å². The van der Waals surface area contributed by atoms with Gasteiger partial charge in [-0.25, -0.2) is 4.79 Å². The molecule has 0 unspecified atom stereocenters. The van der Waals surface area contributed by atoms with Gasteiger partial charge in [0.2, 0.25) is 0 Å². The molecule has 0 fully saturated rings. The molecule has 2 aromatic rings. The fraction of sp³-hybridized carbons (Fsp3) is 0.308. The van der Waals surface area contributed by atoms with Crippen molar-refractivity contribution in [1.82, 2.24) is 15.0 Å². The fourth-order valence-electron chi connectivity index (χ4n) is 1.68. The number of aromatic carboxylic acids is 1. The Morgan fingerprint density at radius 1 is 1.33 bits per heavy atom. The normalized spacial score (nSPS) is 10.9. The van der Waals surface area contributed by atoms with Gasteiger partial charge in [-0.2, -0.15) is 9.90 Å². The zero-order valence-electron chi connectivity index (χ0n) is 10.6. The van der Waals surface area contributed by atoms with E-state index in [1.54, 1.807) is 0 Å². The van der Waals surface area contributed by atoms with E-state index in [0.717, 1.165) is 11.1 Å². The number of hydrogen-bond donors (Lipinski definition) is 1. The van der Waals surface area contributed by atoms with Gasteiger partial charge in [-0.1, -0.05) is 23.8 Å². The summed E-state index contributed by atoms with van der Waals surface area (Å²) < 4.78 is 0. The molecular formula is C13H15N3O2. The van der Waals surface area contributed by atoms with Crippen molar-refractivity contribution < 1.29 is 9.90 Å². The van der Waals surface area contributed by atoms with Gasteiger partial charge < -0.3 is 5.11 Å². The molecule has 1 heterocycles. The smallest absolute Gasteiger partial charge is 0.358 e.